The largest absolute Gasteiger partial charge is 0.595 e. The summed E-state index contributed by atoms with van der Waals surface area (Å²) in [4.78, 5) is 23.6. The predicted molar refractivity (Wildman–Crippen MR) is 73.3 cm³/mol. The van der Waals surface area contributed by atoms with Crippen molar-refractivity contribution in [2.75, 3.05) is 6.61 Å². The van der Waals surface area contributed by atoms with Gasteiger partial charge in [0.25, 0.3) is 0 Å². The summed E-state index contributed by atoms with van der Waals surface area (Å²) < 4.78 is 4.91. The molecule has 0 saturated carbocycles. The predicted octanol–water partition coefficient (Wildman–Crippen LogP) is 1.13. The number of ketones is 1. The van der Waals surface area contributed by atoms with E-state index in [0.717, 1.165) is 0 Å². The summed E-state index contributed by atoms with van der Waals surface area (Å²) in [6.07, 6.45) is 0. The summed E-state index contributed by atoms with van der Waals surface area (Å²) >= 11 is 0. The standard InChI is InChI=1S/C15H13NO5/c17-14(12-7-4-8-13(9-12)16(19)20)10-21-15(18)11-5-2-1-3-6-11/h1-9,16,19H,10H2. The van der Waals surface area contributed by atoms with Crippen LogP contribution in [-0.2, 0) is 4.74 Å². The maximum absolute atomic E-state index is 11.9. The van der Waals surface area contributed by atoms with Gasteiger partial charge in [0.2, 0.25) is 5.78 Å². The first-order valence-corrected chi connectivity index (χ1v) is 6.16. The first-order valence-electron chi connectivity index (χ1n) is 6.16. The maximum atomic E-state index is 11.9. The van der Waals surface area contributed by atoms with Crippen molar-refractivity contribution in [3.05, 3.63) is 70.9 Å². The fraction of sp³-hybridized carbons (Fsp3) is 0.0667. The van der Waals surface area contributed by atoms with Gasteiger partial charge in [-0.1, -0.05) is 30.3 Å². The Hall–Kier alpha value is -2.54. The minimum atomic E-state index is -1.12. The van der Waals surface area contributed by atoms with Crippen LogP contribution in [0.2, 0.25) is 0 Å². The van der Waals surface area contributed by atoms with E-state index >= 15 is 0 Å². The van der Waals surface area contributed by atoms with Crippen LogP contribution in [0, 0.1) is 5.21 Å². The maximum Gasteiger partial charge on any atom is 0.338 e. The van der Waals surface area contributed by atoms with Crippen molar-refractivity contribution in [1.82, 2.24) is 0 Å². The van der Waals surface area contributed by atoms with Gasteiger partial charge in [0.1, 0.15) is 0 Å². The van der Waals surface area contributed by atoms with Crippen LogP contribution in [0.3, 0.4) is 0 Å². The smallest absolute Gasteiger partial charge is 0.338 e. The number of nitrogens with one attached hydrogen (secondary N) is 1. The number of ether oxygens (including phenoxy) is 1. The SMILES string of the molecule is O=C(COC(=O)c1ccccc1)c1cccc([NH+]([O-])O)c1. The fourth-order valence-corrected chi connectivity index (χ4v) is 1.70. The third-order valence-corrected chi connectivity index (χ3v) is 2.78. The molecule has 0 heterocycles. The molecule has 21 heavy (non-hydrogen) atoms. The van der Waals surface area contributed by atoms with Gasteiger partial charge in [-0.15, -0.1) is 0 Å². The summed E-state index contributed by atoms with van der Waals surface area (Å²) in [7, 11) is 0. The summed E-state index contributed by atoms with van der Waals surface area (Å²) in [6, 6.07) is 13.9. The number of quaternary nitrogens is 1. The number of hydrogen-bond acceptors (Lipinski definition) is 5. The minimum Gasteiger partial charge on any atom is -0.595 e. The van der Waals surface area contributed by atoms with E-state index in [9.17, 15) is 14.8 Å². The number of Topliss-reactive ketones (excluding diaryl/α,β-unsaturated/α-hetero) is 1. The Balaban J connectivity index is 1.99. The molecular weight excluding hydrogens is 274 g/mol. The molecule has 0 aliphatic rings. The van der Waals surface area contributed by atoms with E-state index in [2.05, 4.69) is 0 Å². The van der Waals surface area contributed by atoms with Gasteiger partial charge in [-0.25, -0.2) is 10.0 Å². The van der Waals surface area contributed by atoms with E-state index in [1.807, 2.05) is 0 Å². The highest BCUT2D eigenvalue weighted by molar-refractivity contribution is 5.99. The van der Waals surface area contributed by atoms with Crippen molar-refractivity contribution >= 4 is 17.4 Å². The second kappa shape index (κ2) is 6.76. The van der Waals surface area contributed by atoms with E-state index in [4.69, 9.17) is 9.94 Å². The molecule has 0 radical (unpaired) electrons. The third-order valence-electron chi connectivity index (χ3n) is 2.78. The Bertz CT molecular complexity index is 640. The first-order chi connectivity index (χ1) is 10.1. The molecule has 2 aromatic rings. The molecule has 2 N–H and O–H groups in total. The van der Waals surface area contributed by atoms with Crippen LogP contribution in [0.25, 0.3) is 0 Å². The van der Waals surface area contributed by atoms with Crippen LogP contribution < -0.4 is 5.23 Å². The van der Waals surface area contributed by atoms with Gasteiger partial charge < -0.3 is 9.94 Å². The lowest BCUT2D eigenvalue weighted by Gasteiger charge is -2.12. The highest BCUT2D eigenvalue weighted by atomic mass is 16.8. The summed E-state index contributed by atoms with van der Waals surface area (Å²) in [5, 5.41) is 18.6. The molecule has 0 saturated heterocycles. The molecule has 2 rings (SSSR count). The molecular formula is C15H13NO5. The number of rotatable bonds is 5. The lowest BCUT2D eigenvalue weighted by atomic mass is 10.1. The molecule has 0 aromatic heterocycles. The third kappa shape index (κ3) is 3.96. The fourth-order valence-electron chi connectivity index (χ4n) is 1.70. The molecule has 2 aromatic carbocycles. The van der Waals surface area contributed by atoms with Crippen molar-refractivity contribution in [1.29, 1.82) is 0 Å². The molecule has 0 amide bonds. The average Bonchev–Trinajstić information content (AvgIpc) is 2.53. The molecule has 1 atom stereocenters. The van der Waals surface area contributed by atoms with Crippen molar-refractivity contribution in [2.45, 2.75) is 0 Å². The second-order valence-electron chi connectivity index (χ2n) is 4.25. The Morgan fingerprint density at radius 3 is 2.38 bits per heavy atom. The number of benzene rings is 2. The van der Waals surface area contributed by atoms with E-state index in [1.165, 1.54) is 24.3 Å². The molecule has 0 aliphatic carbocycles. The molecule has 0 spiro atoms. The second-order valence-corrected chi connectivity index (χ2v) is 4.25. The van der Waals surface area contributed by atoms with Crippen LogP contribution in [0.5, 0.6) is 0 Å². The summed E-state index contributed by atoms with van der Waals surface area (Å²) in [5.74, 6) is -1.05. The molecule has 108 valence electrons. The molecule has 0 aliphatic heterocycles. The van der Waals surface area contributed by atoms with Crippen molar-refractivity contribution in [3.63, 3.8) is 0 Å². The molecule has 0 bridgehead atoms. The Labute approximate surface area is 120 Å². The van der Waals surface area contributed by atoms with Gasteiger partial charge in [-0.2, -0.15) is 5.23 Å². The zero-order chi connectivity index (χ0) is 15.2. The zero-order valence-corrected chi connectivity index (χ0v) is 11.0. The number of carbonyl (C=O) groups excluding carboxylic acids is 2. The van der Waals surface area contributed by atoms with E-state index in [0.29, 0.717) is 5.56 Å². The molecule has 1 unspecified atom stereocenters. The Morgan fingerprint density at radius 1 is 1.05 bits per heavy atom. The highest BCUT2D eigenvalue weighted by Crippen LogP contribution is 2.08. The van der Waals surface area contributed by atoms with Gasteiger partial charge in [-0.3, -0.25) is 4.79 Å². The van der Waals surface area contributed by atoms with Crippen molar-refractivity contribution < 1.29 is 24.8 Å². The molecule has 6 heteroatoms. The summed E-state index contributed by atoms with van der Waals surface area (Å²) in [5.41, 5.74) is 0.551. The average molecular weight is 287 g/mol. The van der Waals surface area contributed by atoms with Gasteiger partial charge >= 0.3 is 5.97 Å². The van der Waals surface area contributed by atoms with Crippen LogP contribution in [0.1, 0.15) is 20.7 Å². The normalized spacial score (nSPS) is 11.7. The van der Waals surface area contributed by atoms with Gasteiger partial charge in [0.15, 0.2) is 12.3 Å². The monoisotopic (exact) mass is 287 g/mol. The highest BCUT2D eigenvalue weighted by Gasteiger charge is 2.13. The lowest BCUT2D eigenvalue weighted by molar-refractivity contribution is -0.991. The summed E-state index contributed by atoms with van der Waals surface area (Å²) in [6.45, 7) is -0.434. The number of hydrogen-bond donors (Lipinski definition) is 2. The minimum absolute atomic E-state index is 0.00948. The number of esters is 1. The Kier molecular flexibility index (Phi) is 4.78. The Morgan fingerprint density at radius 2 is 1.71 bits per heavy atom. The van der Waals surface area contributed by atoms with Crippen LogP contribution >= 0.6 is 0 Å². The van der Waals surface area contributed by atoms with Crippen LogP contribution in [0.15, 0.2) is 54.6 Å². The van der Waals surface area contributed by atoms with Crippen LogP contribution in [0.4, 0.5) is 5.69 Å². The number of carbonyl (C=O) groups is 2. The van der Waals surface area contributed by atoms with Crippen molar-refractivity contribution in [2.24, 2.45) is 0 Å². The van der Waals surface area contributed by atoms with E-state index < -0.39 is 23.6 Å². The van der Waals surface area contributed by atoms with Crippen LogP contribution in [-0.4, -0.2) is 23.6 Å². The quantitative estimate of drug-likeness (QED) is 0.488. The molecule has 6 nitrogen and oxygen atoms in total. The van der Waals surface area contributed by atoms with Gasteiger partial charge in [0.05, 0.1) is 5.56 Å². The lowest BCUT2D eigenvalue weighted by Crippen LogP contribution is -2.99. The van der Waals surface area contributed by atoms with E-state index in [1.54, 1.807) is 30.3 Å². The first kappa shape index (κ1) is 14.9. The van der Waals surface area contributed by atoms with E-state index in [-0.39, 0.29) is 11.3 Å². The van der Waals surface area contributed by atoms with Gasteiger partial charge in [0, 0.05) is 17.7 Å². The van der Waals surface area contributed by atoms with Crippen molar-refractivity contribution in [3.8, 4) is 0 Å². The van der Waals surface area contributed by atoms with Gasteiger partial charge in [-0.05, 0) is 12.1 Å². The topological polar surface area (TPSA) is 91.1 Å². The molecule has 0 fully saturated rings. The zero-order valence-electron chi connectivity index (χ0n) is 11.0.